The summed E-state index contributed by atoms with van der Waals surface area (Å²) >= 11 is 5.81. The summed E-state index contributed by atoms with van der Waals surface area (Å²) in [6.07, 6.45) is -1.19. The number of benzene rings is 2. The van der Waals surface area contributed by atoms with Crippen molar-refractivity contribution in [3.05, 3.63) is 47.5 Å². The fourth-order valence-electron chi connectivity index (χ4n) is 3.56. The summed E-state index contributed by atoms with van der Waals surface area (Å²) in [5.41, 5.74) is 0.420. The Kier molecular flexibility index (Phi) is 6.75. The van der Waals surface area contributed by atoms with Crippen molar-refractivity contribution in [3.63, 3.8) is 0 Å². The van der Waals surface area contributed by atoms with Gasteiger partial charge in [0.1, 0.15) is 19.3 Å². The Morgan fingerprint density at radius 3 is 2.55 bits per heavy atom. The van der Waals surface area contributed by atoms with Crippen LogP contribution >= 0.6 is 11.6 Å². The molecule has 2 heterocycles. The minimum absolute atomic E-state index is 0.0739. The van der Waals surface area contributed by atoms with Crippen LogP contribution in [0.2, 0.25) is 5.02 Å². The minimum Gasteiger partial charge on any atom is -0.486 e. The van der Waals surface area contributed by atoms with Crippen molar-refractivity contribution >= 4 is 39.2 Å². The molecule has 0 unspecified atom stereocenters. The van der Waals surface area contributed by atoms with Crippen molar-refractivity contribution < 1.29 is 37.3 Å². The van der Waals surface area contributed by atoms with Crippen molar-refractivity contribution in [1.29, 1.82) is 0 Å². The first kappa shape index (κ1) is 23.3. The largest absolute Gasteiger partial charge is 0.486 e. The molecule has 2 aromatic carbocycles. The molecule has 1 fully saturated rings. The van der Waals surface area contributed by atoms with Gasteiger partial charge in [-0.05, 0) is 36.4 Å². The van der Waals surface area contributed by atoms with Gasteiger partial charge in [-0.3, -0.25) is 9.59 Å². The lowest BCUT2D eigenvalue weighted by Crippen LogP contribution is -2.42. The fourth-order valence-corrected chi connectivity index (χ4v) is 5.31. The Hall–Kier alpha value is -2.86. The zero-order valence-electron chi connectivity index (χ0n) is 17.3. The number of aliphatic hydroxyl groups excluding tert-OH is 1. The Balaban J connectivity index is 1.38. The normalized spacial score (nSPS) is 20.3. The van der Waals surface area contributed by atoms with Gasteiger partial charge < -0.3 is 24.6 Å². The molecule has 0 radical (unpaired) electrons. The summed E-state index contributed by atoms with van der Waals surface area (Å²) in [6.45, 7) is -0.0667. The molecule has 1 amide bonds. The number of nitrogens with zero attached hydrogens (tertiary/aromatic N) is 1. The van der Waals surface area contributed by atoms with Gasteiger partial charge >= 0.3 is 5.97 Å². The molecule has 1 saturated heterocycles. The number of esters is 1. The zero-order chi connectivity index (χ0) is 23.6. The molecule has 0 bridgehead atoms. The molecule has 0 aliphatic carbocycles. The van der Waals surface area contributed by atoms with Crippen LogP contribution in [-0.4, -0.2) is 68.2 Å². The lowest BCUT2D eigenvalue weighted by molar-refractivity contribution is -0.150. The van der Waals surface area contributed by atoms with E-state index in [4.69, 9.17) is 25.8 Å². The number of fused-ring (bicyclic) bond motifs is 1. The van der Waals surface area contributed by atoms with Crippen molar-refractivity contribution in [2.45, 2.75) is 23.5 Å². The number of anilines is 1. The standard InChI is InChI=1S/C21H21ClN2O8S/c22-13-1-4-16(5-2-13)33(28,29)24-11-15(25)10-17(24)21(27)32-12-20(26)23-14-3-6-18-19(9-14)31-8-7-30-18/h1-6,9,15,17,25H,7-8,10-12H2,(H,23,26)/t15-,17-/m0/s1. The van der Waals surface area contributed by atoms with E-state index in [0.29, 0.717) is 35.4 Å². The first-order valence-corrected chi connectivity index (χ1v) is 11.9. The molecule has 2 N–H and O–H groups in total. The molecule has 2 aliphatic rings. The van der Waals surface area contributed by atoms with Gasteiger partial charge in [-0.2, -0.15) is 4.31 Å². The van der Waals surface area contributed by atoms with Gasteiger partial charge in [-0.25, -0.2) is 8.42 Å². The summed E-state index contributed by atoms with van der Waals surface area (Å²) in [5, 5.41) is 12.9. The van der Waals surface area contributed by atoms with Gasteiger partial charge in [-0.1, -0.05) is 11.6 Å². The van der Waals surface area contributed by atoms with E-state index >= 15 is 0 Å². The van der Waals surface area contributed by atoms with Crippen LogP contribution in [0.1, 0.15) is 6.42 Å². The van der Waals surface area contributed by atoms with E-state index in [2.05, 4.69) is 5.32 Å². The van der Waals surface area contributed by atoms with Gasteiger partial charge in [0.15, 0.2) is 18.1 Å². The average Bonchev–Trinajstić information content (AvgIpc) is 3.20. The summed E-state index contributed by atoms with van der Waals surface area (Å²) in [7, 11) is -4.09. The van der Waals surface area contributed by atoms with E-state index in [1.165, 1.54) is 24.3 Å². The highest BCUT2D eigenvalue weighted by atomic mass is 35.5. The number of ether oxygens (including phenoxy) is 3. The molecule has 176 valence electrons. The van der Waals surface area contributed by atoms with Gasteiger partial charge in [0.2, 0.25) is 10.0 Å². The van der Waals surface area contributed by atoms with E-state index in [1.54, 1.807) is 18.2 Å². The minimum atomic E-state index is -4.09. The molecule has 33 heavy (non-hydrogen) atoms. The number of sulfonamides is 1. The van der Waals surface area contributed by atoms with Gasteiger partial charge in [0, 0.05) is 29.7 Å². The highest BCUT2D eigenvalue weighted by Gasteiger charge is 2.44. The SMILES string of the molecule is O=C(COC(=O)[C@@H]1C[C@H](O)CN1S(=O)(=O)c1ccc(Cl)cc1)Nc1ccc2c(c1)OCCO2. The van der Waals surface area contributed by atoms with Gasteiger partial charge in [0.25, 0.3) is 5.91 Å². The highest BCUT2D eigenvalue weighted by Crippen LogP contribution is 2.32. The molecule has 10 nitrogen and oxygen atoms in total. The predicted molar refractivity (Wildman–Crippen MR) is 117 cm³/mol. The van der Waals surface area contributed by atoms with Crippen LogP contribution in [0.3, 0.4) is 0 Å². The molecule has 2 atom stereocenters. The first-order chi connectivity index (χ1) is 15.7. The Bertz CT molecular complexity index is 1160. The topological polar surface area (TPSA) is 131 Å². The summed E-state index contributed by atoms with van der Waals surface area (Å²) in [4.78, 5) is 24.8. The second-order valence-electron chi connectivity index (χ2n) is 7.45. The van der Waals surface area contributed by atoms with Crippen molar-refractivity contribution in [3.8, 4) is 11.5 Å². The third-order valence-corrected chi connectivity index (χ3v) is 7.24. The molecular weight excluding hydrogens is 476 g/mol. The summed E-state index contributed by atoms with van der Waals surface area (Å²) in [5.74, 6) is -0.501. The maximum Gasteiger partial charge on any atom is 0.325 e. The number of carbonyl (C=O) groups is 2. The highest BCUT2D eigenvalue weighted by molar-refractivity contribution is 7.89. The number of nitrogens with one attached hydrogen (secondary N) is 1. The van der Waals surface area contributed by atoms with E-state index in [1.807, 2.05) is 0 Å². The maximum atomic E-state index is 13.0. The van der Waals surface area contributed by atoms with Crippen LogP contribution in [0.4, 0.5) is 5.69 Å². The smallest absolute Gasteiger partial charge is 0.325 e. The van der Waals surface area contributed by atoms with Crippen LogP contribution in [-0.2, 0) is 24.3 Å². The lowest BCUT2D eigenvalue weighted by Gasteiger charge is -2.22. The monoisotopic (exact) mass is 496 g/mol. The van der Waals surface area contributed by atoms with Crippen molar-refractivity contribution in [2.24, 2.45) is 0 Å². The van der Waals surface area contributed by atoms with Crippen LogP contribution in [0, 0.1) is 0 Å². The van der Waals surface area contributed by atoms with E-state index < -0.39 is 40.7 Å². The van der Waals surface area contributed by atoms with E-state index in [0.717, 1.165) is 4.31 Å². The van der Waals surface area contributed by atoms with Crippen LogP contribution < -0.4 is 14.8 Å². The third-order valence-electron chi connectivity index (χ3n) is 5.10. The third kappa shape index (κ3) is 5.22. The molecular formula is C21H21ClN2O8S. The molecule has 2 aromatic rings. The van der Waals surface area contributed by atoms with E-state index in [-0.39, 0.29) is 17.9 Å². The number of carbonyl (C=O) groups excluding carboxylic acids is 2. The Morgan fingerprint density at radius 1 is 1.12 bits per heavy atom. The molecule has 0 spiro atoms. The van der Waals surface area contributed by atoms with Crippen LogP contribution in [0.5, 0.6) is 11.5 Å². The lowest BCUT2D eigenvalue weighted by atomic mass is 10.2. The number of halogens is 1. The van der Waals surface area contributed by atoms with Crippen LogP contribution in [0.15, 0.2) is 47.4 Å². The Morgan fingerprint density at radius 2 is 1.82 bits per heavy atom. The number of rotatable bonds is 6. The van der Waals surface area contributed by atoms with E-state index in [9.17, 15) is 23.1 Å². The number of hydrogen-bond donors (Lipinski definition) is 2. The first-order valence-electron chi connectivity index (χ1n) is 10.1. The molecule has 4 rings (SSSR count). The van der Waals surface area contributed by atoms with Crippen molar-refractivity contribution in [1.82, 2.24) is 4.31 Å². The summed E-state index contributed by atoms with van der Waals surface area (Å²) < 4.78 is 42.7. The fraction of sp³-hybridized carbons (Fsp3) is 0.333. The number of aliphatic hydroxyl groups is 1. The molecule has 0 saturated carbocycles. The average molecular weight is 497 g/mol. The van der Waals surface area contributed by atoms with Crippen molar-refractivity contribution in [2.75, 3.05) is 31.7 Å². The molecule has 2 aliphatic heterocycles. The Labute approximate surface area is 195 Å². The zero-order valence-corrected chi connectivity index (χ0v) is 18.8. The predicted octanol–water partition coefficient (Wildman–Crippen LogP) is 1.42. The molecule has 12 heteroatoms. The van der Waals surface area contributed by atoms with Gasteiger partial charge in [-0.15, -0.1) is 0 Å². The number of β-amino-alcohol motifs (C(OH)–C–C–N with tert-alkyl or cyclic N) is 1. The second kappa shape index (κ2) is 9.56. The van der Waals surface area contributed by atoms with Crippen LogP contribution in [0.25, 0.3) is 0 Å². The molecule has 0 aromatic heterocycles. The quantitative estimate of drug-likeness (QED) is 0.574. The number of amides is 1. The number of hydrogen-bond acceptors (Lipinski definition) is 8. The van der Waals surface area contributed by atoms with Gasteiger partial charge in [0.05, 0.1) is 11.0 Å². The summed E-state index contributed by atoms with van der Waals surface area (Å²) in [6, 6.07) is 9.03. The maximum absolute atomic E-state index is 13.0. The second-order valence-corrected chi connectivity index (χ2v) is 9.78.